The van der Waals surface area contributed by atoms with Gasteiger partial charge in [0.05, 0.1) is 11.8 Å². The Kier molecular flexibility index (Phi) is 9.50. The van der Waals surface area contributed by atoms with E-state index in [1.54, 1.807) is 0 Å². The summed E-state index contributed by atoms with van der Waals surface area (Å²) in [5, 5.41) is 6.11. The van der Waals surface area contributed by atoms with E-state index in [1.807, 2.05) is 0 Å². The Balaban J connectivity index is 1.38. The van der Waals surface area contributed by atoms with Gasteiger partial charge in [0.1, 0.15) is 23.3 Å². The highest BCUT2D eigenvalue weighted by atomic mass is 32.2. The number of carbonyl (C=O) groups is 1. The molecular formula is C31H34F4N4O3S. The zero-order chi connectivity index (χ0) is 30.7. The number of amides is 1. The summed E-state index contributed by atoms with van der Waals surface area (Å²) < 4.78 is 84.7. The molecule has 43 heavy (non-hydrogen) atoms. The van der Waals surface area contributed by atoms with Crippen LogP contribution in [0, 0.1) is 23.3 Å². The van der Waals surface area contributed by atoms with Gasteiger partial charge < -0.3 is 16.4 Å². The highest BCUT2D eigenvalue weighted by Gasteiger charge is 2.35. The molecule has 0 spiro atoms. The molecule has 2 bridgehead atoms. The molecule has 1 amide bonds. The van der Waals surface area contributed by atoms with Crippen LogP contribution in [0.15, 0.2) is 60.7 Å². The van der Waals surface area contributed by atoms with Gasteiger partial charge >= 0.3 is 0 Å². The van der Waals surface area contributed by atoms with Gasteiger partial charge in [0.15, 0.2) is 0 Å². The van der Waals surface area contributed by atoms with Gasteiger partial charge in [-0.25, -0.2) is 26.0 Å². The first-order valence-corrected chi connectivity index (χ1v) is 15.9. The van der Waals surface area contributed by atoms with E-state index in [0.717, 1.165) is 30.7 Å². The van der Waals surface area contributed by atoms with Gasteiger partial charge in [0.25, 0.3) is 0 Å². The summed E-state index contributed by atoms with van der Waals surface area (Å²) in [6, 6.07) is 10.5. The number of rotatable bonds is 8. The smallest absolute Gasteiger partial charge is 0.242 e. The molecule has 0 aromatic heterocycles. The number of nitrogens with two attached hydrogens (primary N) is 1. The van der Waals surface area contributed by atoms with Crippen LogP contribution in [0.25, 0.3) is 0 Å². The Morgan fingerprint density at radius 3 is 2.42 bits per heavy atom. The topological polar surface area (TPSA) is 105 Å². The summed E-state index contributed by atoms with van der Waals surface area (Å²) in [7, 11) is -3.46. The number of hydrogen-bond acceptors (Lipinski definition) is 5. The second kappa shape index (κ2) is 13.1. The van der Waals surface area contributed by atoms with E-state index in [1.165, 1.54) is 34.6 Å². The van der Waals surface area contributed by atoms with Crippen molar-refractivity contribution >= 4 is 21.6 Å². The lowest BCUT2D eigenvalue weighted by Gasteiger charge is -2.29. The zero-order valence-corrected chi connectivity index (χ0v) is 24.2. The third-order valence-electron chi connectivity index (χ3n) is 8.30. The lowest BCUT2D eigenvalue weighted by Crippen LogP contribution is -2.44. The Bertz CT molecular complexity index is 1550. The maximum absolute atomic E-state index is 15.2. The van der Waals surface area contributed by atoms with Gasteiger partial charge in [-0.1, -0.05) is 18.2 Å². The van der Waals surface area contributed by atoms with Gasteiger partial charge in [-0.05, 0) is 79.6 Å². The molecule has 0 radical (unpaired) electrons. The molecule has 0 aliphatic carbocycles. The molecule has 230 valence electrons. The molecule has 3 aromatic rings. The molecule has 12 heteroatoms. The second-order valence-corrected chi connectivity index (χ2v) is 13.2. The van der Waals surface area contributed by atoms with Gasteiger partial charge in [0.2, 0.25) is 15.9 Å². The highest BCUT2D eigenvalue weighted by Crippen LogP contribution is 2.31. The van der Waals surface area contributed by atoms with E-state index in [9.17, 15) is 26.4 Å². The van der Waals surface area contributed by atoms with Crippen LogP contribution in [0.2, 0.25) is 0 Å². The average Bonchev–Trinajstić information content (AvgIpc) is 3.12. The third-order valence-corrected chi connectivity index (χ3v) is 10.3. The summed E-state index contributed by atoms with van der Waals surface area (Å²) in [6.07, 6.45) is 2.52. The third kappa shape index (κ3) is 7.26. The van der Waals surface area contributed by atoms with Crippen LogP contribution in [0.5, 0.6) is 0 Å². The average molecular weight is 619 g/mol. The van der Waals surface area contributed by atoms with Crippen molar-refractivity contribution in [1.29, 1.82) is 0 Å². The Morgan fingerprint density at radius 2 is 1.70 bits per heavy atom. The molecule has 5 atom stereocenters. The minimum Gasteiger partial charge on any atom is -0.324 e. The van der Waals surface area contributed by atoms with Crippen LogP contribution in [0.1, 0.15) is 48.3 Å². The van der Waals surface area contributed by atoms with Crippen molar-refractivity contribution in [3.8, 4) is 0 Å². The van der Waals surface area contributed by atoms with Gasteiger partial charge in [0, 0.05) is 48.4 Å². The van der Waals surface area contributed by atoms with Crippen LogP contribution in [0.4, 0.5) is 23.2 Å². The first-order valence-electron chi connectivity index (χ1n) is 14.3. The SMILES string of the molecule is NC(C(=O)Nc1cccc(F)c1CC[C@H]1CN[C@@H]2CCCS(=O)(=O)N1CC2)C(c1ccc(F)cc1)c1cc(F)cc(F)c1. The summed E-state index contributed by atoms with van der Waals surface area (Å²) in [4.78, 5) is 13.5. The van der Waals surface area contributed by atoms with E-state index in [-0.39, 0.29) is 41.1 Å². The summed E-state index contributed by atoms with van der Waals surface area (Å²) in [5.74, 6) is -4.58. The molecule has 2 fully saturated rings. The van der Waals surface area contributed by atoms with Crippen LogP contribution in [-0.2, 0) is 21.2 Å². The summed E-state index contributed by atoms with van der Waals surface area (Å²) in [6.45, 7) is 0.834. The Hall–Kier alpha value is -3.32. The van der Waals surface area contributed by atoms with Crippen molar-refractivity contribution in [1.82, 2.24) is 9.62 Å². The standard InChI is InChI=1S/C31H34F4N4O3S/c32-21-8-6-19(7-9-21)29(20-15-22(33)17-23(34)16-20)30(36)31(40)38-28-5-1-4-27(35)26(28)11-10-25-18-37-24-3-2-14-43(41,42)39(25)13-12-24/h1,4-9,15-17,24-25,29-30,37H,2-3,10-14,18,36H2,(H,38,40)/t24-,25+,29?,30?/m1/s1. The van der Waals surface area contributed by atoms with Crippen molar-refractivity contribution < 1.29 is 30.8 Å². The number of anilines is 1. The maximum atomic E-state index is 15.2. The van der Waals surface area contributed by atoms with Gasteiger partial charge in [-0.3, -0.25) is 4.79 Å². The predicted octanol–water partition coefficient (Wildman–Crippen LogP) is 4.43. The molecule has 2 aliphatic heterocycles. The lowest BCUT2D eigenvalue weighted by atomic mass is 9.84. The highest BCUT2D eigenvalue weighted by molar-refractivity contribution is 7.89. The predicted molar refractivity (Wildman–Crippen MR) is 156 cm³/mol. The quantitative estimate of drug-likeness (QED) is 0.324. The molecule has 3 aromatic carbocycles. The van der Waals surface area contributed by atoms with Crippen LogP contribution in [0.3, 0.4) is 0 Å². The van der Waals surface area contributed by atoms with Gasteiger partial charge in [-0.2, -0.15) is 4.31 Å². The molecule has 0 saturated carbocycles. The van der Waals surface area contributed by atoms with Gasteiger partial charge in [-0.15, -0.1) is 0 Å². The monoisotopic (exact) mass is 618 g/mol. The van der Waals surface area contributed by atoms with E-state index in [2.05, 4.69) is 10.6 Å². The molecule has 5 rings (SSSR count). The fourth-order valence-electron chi connectivity index (χ4n) is 6.10. The number of nitrogens with one attached hydrogen (secondary N) is 2. The van der Waals surface area contributed by atoms with Crippen LogP contribution >= 0.6 is 0 Å². The Labute approximate surface area is 248 Å². The van der Waals surface area contributed by atoms with E-state index in [4.69, 9.17) is 5.73 Å². The molecule has 3 unspecified atom stereocenters. The van der Waals surface area contributed by atoms with Crippen molar-refractivity contribution in [2.45, 2.75) is 56.1 Å². The molecule has 4 N–H and O–H groups in total. The second-order valence-electron chi connectivity index (χ2n) is 11.2. The molecule has 2 heterocycles. The van der Waals surface area contributed by atoms with Crippen molar-refractivity contribution in [2.75, 3.05) is 24.2 Å². The number of carbonyl (C=O) groups excluding carboxylic acids is 1. The number of fused-ring (bicyclic) bond motifs is 3. The van der Waals surface area contributed by atoms with Crippen molar-refractivity contribution in [3.05, 3.63) is 101 Å². The minimum absolute atomic E-state index is 0.0732. The molecule has 2 saturated heterocycles. The first-order chi connectivity index (χ1) is 20.5. The summed E-state index contributed by atoms with van der Waals surface area (Å²) in [5.41, 5.74) is 7.15. The van der Waals surface area contributed by atoms with E-state index >= 15 is 4.39 Å². The fraction of sp³-hybridized carbons (Fsp3) is 0.387. The summed E-state index contributed by atoms with van der Waals surface area (Å²) >= 11 is 0. The van der Waals surface area contributed by atoms with Crippen molar-refractivity contribution in [2.24, 2.45) is 5.73 Å². The molecule has 2 aliphatic rings. The minimum atomic E-state index is -3.46. The zero-order valence-electron chi connectivity index (χ0n) is 23.4. The lowest BCUT2D eigenvalue weighted by molar-refractivity contribution is -0.117. The van der Waals surface area contributed by atoms with E-state index < -0.39 is 51.2 Å². The fourth-order valence-corrected chi connectivity index (χ4v) is 7.88. The Morgan fingerprint density at radius 1 is 0.977 bits per heavy atom. The maximum Gasteiger partial charge on any atom is 0.242 e. The number of sulfonamides is 1. The number of hydrogen-bond donors (Lipinski definition) is 3. The number of halogens is 4. The van der Waals surface area contributed by atoms with Crippen molar-refractivity contribution in [3.63, 3.8) is 0 Å². The molecule has 7 nitrogen and oxygen atoms in total. The first kappa shape index (κ1) is 31.1. The largest absolute Gasteiger partial charge is 0.324 e. The van der Waals surface area contributed by atoms with Crippen LogP contribution in [-0.4, -0.2) is 55.6 Å². The molecular weight excluding hydrogens is 584 g/mol. The van der Waals surface area contributed by atoms with Crippen LogP contribution < -0.4 is 16.4 Å². The van der Waals surface area contributed by atoms with E-state index in [0.29, 0.717) is 44.0 Å². The number of nitrogens with zero attached hydrogens (tertiary/aromatic N) is 1. The normalized spacial score (nSPS) is 23.0. The number of benzene rings is 3.